The van der Waals surface area contributed by atoms with E-state index in [2.05, 4.69) is 4.98 Å². The zero-order valence-corrected chi connectivity index (χ0v) is 10.4. The lowest BCUT2D eigenvalue weighted by Gasteiger charge is -2.06. The van der Waals surface area contributed by atoms with Crippen molar-refractivity contribution in [3.63, 3.8) is 0 Å². The Bertz CT molecular complexity index is 684. The molecular formula is C13H10N2O5. The fraction of sp³-hybridized carbons (Fsp3) is 0.0769. The van der Waals surface area contributed by atoms with Crippen LogP contribution in [0.2, 0.25) is 0 Å². The van der Waals surface area contributed by atoms with Crippen LogP contribution < -0.4 is 4.74 Å². The fourth-order valence-electron chi connectivity index (χ4n) is 1.63. The quantitative estimate of drug-likeness (QED) is 0.679. The second kappa shape index (κ2) is 5.35. The third-order valence-corrected chi connectivity index (χ3v) is 2.58. The Labute approximate surface area is 113 Å². The molecule has 1 heterocycles. The molecule has 1 aromatic heterocycles. The molecule has 0 saturated carbocycles. The van der Waals surface area contributed by atoms with Gasteiger partial charge in [0.05, 0.1) is 16.6 Å². The molecule has 0 saturated heterocycles. The first-order valence-corrected chi connectivity index (χ1v) is 5.59. The van der Waals surface area contributed by atoms with Crippen LogP contribution in [-0.2, 0) is 0 Å². The van der Waals surface area contributed by atoms with Crippen LogP contribution in [0.25, 0.3) is 0 Å². The average Bonchev–Trinajstić information content (AvgIpc) is 2.38. The van der Waals surface area contributed by atoms with Crippen LogP contribution in [-0.4, -0.2) is 21.0 Å². The number of aromatic nitrogens is 1. The van der Waals surface area contributed by atoms with Gasteiger partial charge in [-0.3, -0.25) is 10.1 Å². The van der Waals surface area contributed by atoms with Crippen LogP contribution >= 0.6 is 0 Å². The summed E-state index contributed by atoms with van der Waals surface area (Å²) in [4.78, 5) is 24.8. The summed E-state index contributed by atoms with van der Waals surface area (Å²) in [6.45, 7) is 1.64. The highest BCUT2D eigenvalue weighted by atomic mass is 16.6. The number of hydrogen-bond acceptors (Lipinski definition) is 5. The molecule has 2 rings (SSSR count). The van der Waals surface area contributed by atoms with Gasteiger partial charge in [0.2, 0.25) is 5.88 Å². The summed E-state index contributed by atoms with van der Waals surface area (Å²) in [5.41, 5.74) is 0.568. The van der Waals surface area contributed by atoms with Crippen molar-refractivity contribution in [1.29, 1.82) is 0 Å². The van der Waals surface area contributed by atoms with Gasteiger partial charge in [-0.25, -0.2) is 9.78 Å². The molecule has 0 fully saturated rings. The third-order valence-electron chi connectivity index (χ3n) is 2.58. The van der Waals surface area contributed by atoms with E-state index in [1.165, 1.54) is 36.5 Å². The van der Waals surface area contributed by atoms with E-state index in [0.29, 0.717) is 11.3 Å². The van der Waals surface area contributed by atoms with Crippen molar-refractivity contribution in [2.24, 2.45) is 0 Å². The molecule has 1 aromatic carbocycles. The number of ether oxygens (including phenoxy) is 1. The largest absolute Gasteiger partial charge is 0.478 e. The van der Waals surface area contributed by atoms with Crippen molar-refractivity contribution in [3.05, 3.63) is 57.8 Å². The molecule has 0 aliphatic carbocycles. The lowest BCUT2D eigenvalue weighted by atomic mass is 10.1. The Morgan fingerprint density at radius 1 is 1.35 bits per heavy atom. The van der Waals surface area contributed by atoms with Gasteiger partial charge in [-0.1, -0.05) is 0 Å². The van der Waals surface area contributed by atoms with Gasteiger partial charge in [-0.05, 0) is 30.7 Å². The van der Waals surface area contributed by atoms with E-state index >= 15 is 0 Å². The van der Waals surface area contributed by atoms with Crippen LogP contribution in [0.1, 0.15) is 15.9 Å². The average molecular weight is 274 g/mol. The summed E-state index contributed by atoms with van der Waals surface area (Å²) in [5.74, 6) is -0.593. The Balaban J connectivity index is 2.26. The van der Waals surface area contributed by atoms with Crippen LogP contribution in [0.3, 0.4) is 0 Å². The number of carbonyl (C=O) groups is 1. The predicted octanol–water partition coefficient (Wildman–Crippen LogP) is 2.79. The standard InChI is InChI=1S/C13H10N2O5/c1-8-6-10(2-3-11(8)13(16)17)20-12-7-9(15(18)19)4-5-14-12/h2-7H,1H3,(H,16,17). The zero-order chi connectivity index (χ0) is 14.7. The maximum Gasteiger partial charge on any atom is 0.335 e. The van der Waals surface area contributed by atoms with Gasteiger partial charge in [0.25, 0.3) is 5.69 Å². The second-order valence-corrected chi connectivity index (χ2v) is 3.99. The summed E-state index contributed by atoms with van der Waals surface area (Å²) in [6, 6.07) is 6.86. The van der Waals surface area contributed by atoms with Crippen LogP contribution in [0.5, 0.6) is 11.6 Å². The smallest absolute Gasteiger partial charge is 0.335 e. The molecule has 0 unspecified atom stereocenters. The number of aromatic carboxylic acids is 1. The van der Waals surface area contributed by atoms with Gasteiger partial charge in [0, 0.05) is 12.3 Å². The minimum atomic E-state index is -1.03. The molecule has 0 amide bonds. The van der Waals surface area contributed by atoms with E-state index in [1.807, 2.05) is 0 Å². The van der Waals surface area contributed by atoms with Gasteiger partial charge < -0.3 is 9.84 Å². The van der Waals surface area contributed by atoms with Crippen LogP contribution in [0.15, 0.2) is 36.5 Å². The lowest BCUT2D eigenvalue weighted by molar-refractivity contribution is -0.385. The Kier molecular flexibility index (Phi) is 3.60. The zero-order valence-electron chi connectivity index (χ0n) is 10.4. The van der Waals surface area contributed by atoms with E-state index in [0.717, 1.165) is 0 Å². The van der Waals surface area contributed by atoms with Gasteiger partial charge in [0.1, 0.15) is 5.75 Å². The number of carboxylic acids is 1. The van der Waals surface area contributed by atoms with Crippen molar-refractivity contribution in [2.45, 2.75) is 6.92 Å². The van der Waals surface area contributed by atoms with Crippen molar-refractivity contribution >= 4 is 11.7 Å². The van der Waals surface area contributed by atoms with Gasteiger partial charge >= 0.3 is 5.97 Å². The third kappa shape index (κ3) is 2.89. The molecule has 1 N–H and O–H groups in total. The molecule has 2 aromatic rings. The summed E-state index contributed by atoms with van der Waals surface area (Å²) in [5, 5.41) is 19.6. The molecule has 0 aliphatic heterocycles. The van der Waals surface area contributed by atoms with Gasteiger partial charge in [-0.2, -0.15) is 0 Å². The minimum absolute atomic E-state index is 0.0710. The highest BCUT2D eigenvalue weighted by molar-refractivity contribution is 5.89. The monoisotopic (exact) mass is 274 g/mol. The van der Waals surface area contributed by atoms with E-state index < -0.39 is 10.9 Å². The van der Waals surface area contributed by atoms with E-state index in [-0.39, 0.29) is 17.1 Å². The lowest BCUT2D eigenvalue weighted by Crippen LogP contribution is -1.99. The molecule has 7 heteroatoms. The molecule has 0 bridgehead atoms. The molecule has 102 valence electrons. The number of hydrogen-bond donors (Lipinski definition) is 1. The molecule has 7 nitrogen and oxygen atoms in total. The van der Waals surface area contributed by atoms with Crippen LogP contribution in [0, 0.1) is 17.0 Å². The summed E-state index contributed by atoms with van der Waals surface area (Å²) < 4.78 is 5.38. The topological polar surface area (TPSA) is 103 Å². The normalized spacial score (nSPS) is 10.1. The number of benzene rings is 1. The number of pyridine rings is 1. The van der Waals surface area contributed by atoms with E-state index in [4.69, 9.17) is 9.84 Å². The van der Waals surface area contributed by atoms with Crippen LogP contribution in [0.4, 0.5) is 5.69 Å². The highest BCUT2D eigenvalue weighted by Gasteiger charge is 2.11. The van der Waals surface area contributed by atoms with E-state index in [1.54, 1.807) is 6.92 Å². The molecule has 0 radical (unpaired) electrons. The second-order valence-electron chi connectivity index (χ2n) is 3.99. The first-order chi connectivity index (χ1) is 9.47. The van der Waals surface area contributed by atoms with Crippen molar-refractivity contribution in [2.75, 3.05) is 0 Å². The first kappa shape index (κ1) is 13.5. The molecule has 20 heavy (non-hydrogen) atoms. The molecule has 0 aliphatic rings. The highest BCUT2D eigenvalue weighted by Crippen LogP contribution is 2.24. The molecule has 0 spiro atoms. The summed E-state index contributed by atoms with van der Waals surface area (Å²) >= 11 is 0. The molecular weight excluding hydrogens is 264 g/mol. The summed E-state index contributed by atoms with van der Waals surface area (Å²) in [7, 11) is 0. The van der Waals surface area contributed by atoms with E-state index in [9.17, 15) is 14.9 Å². The van der Waals surface area contributed by atoms with Crippen molar-refractivity contribution in [3.8, 4) is 11.6 Å². The maximum absolute atomic E-state index is 10.9. The Morgan fingerprint density at radius 3 is 2.70 bits per heavy atom. The van der Waals surface area contributed by atoms with Gasteiger partial charge in [-0.15, -0.1) is 0 Å². The predicted molar refractivity (Wildman–Crippen MR) is 69.1 cm³/mol. The first-order valence-electron chi connectivity index (χ1n) is 5.59. The number of carboxylic acid groups (broad SMARTS) is 1. The SMILES string of the molecule is Cc1cc(Oc2cc([N+](=O)[O-])ccn2)ccc1C(=O)O. The number of nitrogens with zero attached hydrogens (tertiary/aromatic N) is 2. The maximum atomic E-state index is 10.9. The molecule has 0 atom stereocenters. The summed E-state index contributed by atoms with van der Waals surface area (Å²) in [6.07, 6.45) is 1.27. The Morgan fingerprint density at radius 2 is 2.10 bits per heavy atom. The van der Waals surface area contributed by atoms with Crippen molar-refractivity contribution in [1.82, 2.24) is 4.98 Å². The number of nitro groups is 1. The van der Waals surface area contributed by atoms with Crippen molar-refractivity contribution < 1.29 is 19.6 Å². The van der Waals surface area contributed by atoms with Gasteiger partial charge in [0.15, 0.2) is 0 Å². The minimum Gasteiger partial charge on any atom is -0.478 e. The number of rotatable bonds is 4. The fourth-order valence-corrected chi connectivity index (χ4v) is 1.63. The Hall–Kier alpha value is -2.96. The number of aryl methyl sites for hydroxylation is 1.